The molecule has 0 radical (unpaired) electrons. The second kappa shape index (κ2) is 9.23. The van der Waals surface area contributed by atoms with Gasteiger partial charge in [0.05, 0.1) is 10.6 Å². The molecule has 0 unspecified atom stereocenters. The zero-order valence-corrected chi connectivity index (χ0v) is 17.0. The molecular weight excluding hydrogens is 454 g/mol. The number of ether oxygens (including phenoxy) is 1. The van der Waals surface area contributed by atoms with Crippen molar-refractivity contribution in [2.45, 2.75) is 13.3 Å². The number of carbonyl (C=O) groups excluding carboxylic acids is 2. The molecule has 1 aromatic heterocycles. The van der Waals surface area contributed by atoms with Crippen LogP contribution in [-0.4, -0.2) is 23.3 Å². The smallest absolute Gasteiger partial charge is 0.406 e. The van der Waals surface area contributed by atoms with Gasteiger partial charge in [0.1, 0.15) is 17.4 Å². The number of carbonyl (C=O) groups is 2. The Morgan fingerprint density at radius 2 is 1.72 bits per heavy atom. The number of hydrogen-bond donors (Lipinski definition) is 2. The van der Waals surface area contributed by atoms with E-state index in [-0.39, 0.29) is 16.6 Å². The molecule has 3 rings (SSSR count). The fraction of sp³-hybridized carbons (Fsp3) is 0.0952. The molecule has 11 heteroatoms. The van der Waals surface area contributed by atoms with Crippen LogP contribution in [0.3, 0.4) is 0 Å². The predicted molar refractivity (Wildman–Crippen MR) is 109 cm³/mol. The Kier molecular flexibility index (Phi) is 6.64. The number of hydrogen-bond acceptors (Lipinski definition) is 4. The number of nitrogens with one attached hydrogen (secondary N) is 2. The molecule has 166 valence electrons. The van der Waals surface area contributed by atoms with Crippen molar-refractivity contribution in [2.75, 3.05) is 5.32 Å². The van der Waals surface area contributed by atoms with E-state index in [1.807, 2.05) is 5.32 Å². The van der Waals surface area contributed by atoms with Crippen molar-refractivity contribution in [3.63, 3.8) is 0 Å². The Morgan fingerprint density at radius 1 is 1.03 bits per heavy atom. The molecule has 0 saturated heterocycles. The number of rotatable bonds is 4. The van der Waals surface area contributed by atoms with Crippen molar-refractivity contribution in [1.82, 2.24) is 10.3 Å². The quantitative estimate of drug-likeness (QED) is 0.482. The van der Waals surface area contributed by atoms with E-state index < -0.39 is 29.7 Å². The summed E-state index contributed by atoms with van der Waals surface area (Å²) in [6, 6.07) is 10.9. The van der Waals surface area contributed by atoms with Crippen molar-refractivity contribution in [2.24, 2.45) is 0 Å². The molecule has 6 nitrogen and oxygen atoms in total. The van der Waals surface area contributed by atoms with E-state index in [2.05, 4.69) is 15.0 Å². The van der Waals surface area contributed by atoms with E-state index in [0.717, 1.165) is 6.07 Å². The number of aromatic nitrogens is 1. The number of halogens is 5. The van der Waals surface area contributed by atoms with Crippen LogP contribution < -0.4 is 15.4 Å². The zero-order chi connectivity index (χ0) is 23.5. The molecule has 0 fully saturated rings. The minimum Gasteiger partial charge on any atom is -0.406 e. The van der Waals surface area contributed by atoms with E-state index in [9.17, 15) is 27.2 Å². The summed E-state index contributed by atoms with van der Waals surface area (Å²) in [5.74, 6) is -2.18. The van der Waals surface area contributed by atoms with Crippen LogP contribution in [0.5, 0.6) is 5.75 Å². The highest BCUT2D eigenvalue weighted by Crippen LogP contribution is 2.28. The lowest BCUT2D eigenvalue weighted by Crippen LogP contribution is -2.35. The average Bonchev–Trinajstić information content (AvgIpc) is 2.67. The van der Waals surface area contributed by atoms with Crippen LogP contribution in [0.2, 0.25) is 5.02 Å². The lowest BCUT2D eigenvalue weighted by molar-refractivity contribution is -0.274. The number of urea groups is 1. The van der Waals surface area contributed by atoms with Gasteiger partial charge >= 0.3 is 12.4 Å². The second-order valence-corrected chi connectivity index (χ2v) is 6.81. The van der Waals surface area contributed by atoms with Gasteiger partial charge in [0.15, 0.2) is 0 Å². The third-order valence-electron chi connectivity index (χ3n) is 4.14. The number of benzene rings is 2. The maximum atomic E-state index is 13.8. The van der Waals surface area contributed by atoms with Crippen LogP contribution in [0, 0.1) is 12.7 Å². The number of nitrogens with zero attached hydrogens (tertiary/aromatic N) is 1. The Morgan fingerprint density at radius 3 is 2.31 bits per heavy atom. The summed E-state index contributed by atoms with van der Waals surface area (Å²) in [5, 5.41) is 4.15. The van der Waals surface area contributed by atoms with E-state index >= 15 is 0 Å². The minimum absolute atomic E-state index is 0.0909. The number of imide groups is 1. The topological polar surface area (TPSA) is 80.3 Å². The highest BCUT2D eigenvalue weighted by Gasteiger charge is 2.31. The Labute approximate surface area is 184 Å². The van der Waals surface area contributed by atoms with Gasteiger partial charge in [0, 0.05) is 11.3 Å². The molecule has 1 heterocycles. The van der Waals surface area contributed by atoms with Crippen molar-refractivity contribution < 1.29 is 31.9 Å². The fourth-order valence-electron chi connectivity index (χ4n) is 2.80. The largest absolute Gasteiger partial charge is 0.573 e. The third kappa shape index (κ3) is 5.73. The van der Waals surface area contributed by atoms with E-state index in [4.69, 9.17) is 11.6 Å². The summed E-state index contributed by atoms with van der Waals surface area (Å²) in [7, 11) is 0. The van der Waals surface area contributed by atoms with Gasteiger partial charge < -0.3 is 4.74 Å². The van der Waals surface area contributed by atoms with Gasteiger partial charge in [-0.2, -0.15) is 0 Å². The number of amides is 3. The molecule has 3 amide bonds. The van der Waals surface area contributed by atoms with Crippen LogP contribution in [0.1, 0.15) is 16.1 Å². The first-order valence-corrected chi connectivity index (χ1v) is 9.31. The van der Waals surface area contributed by atoms with Crippen molar-refractivity contribution in [3.8, 4) is 16.9 Å². The number of pyridine rings is 1. The molecule has 0 saturated carbocycles. The number of alkyl halides is 3. The molecule has 2 N–H and O–H groups in total. The first kappa shape index (κ1) is 23.0. The highest BCUT2D eigenvalue weighted by atomic mass is 35.5. The Hall–Kier alpha value is -3.66. The van der Waals surface area contributed by atoms with Crippen LogP contribution in [0.4, 0.5) is 28.2 Å². The van der Waals surface area contributed by atoms with Crippen molar-refractivity contribution >= 4 is 29.4 Å². The minimum atomic E-state index is -4.79. The molecule has 0 aliphatic rings. The molecule has 0 aliphatic carbocycles. The molecule has 32 heavy (non-hydrogen) atoms. The molecular formula is C21H14ClF4N3O3. The highest BCUT2D eigenvalue weighted by molar-refractivity contribution is 6.34. The molecule has 2 aromatic carbocycles. The van der Waals surface area contributed by atoms with Gasteiger partial charge in [0.2, 0.25) is 0 Å². The van der Waals surface area contributed by atoms with E-state index in [1.54, 1.807) is 13.0 Å². The number of anilines is 1. The van der Waals surface area contributed by atoms with Gasteiger partial charge in [-0.05, 0) is 48.9 Å². The van der Waals surface area contributed by atoms with Crippen LogP contribution >= 0.6 is 11.6 Å². The van der Waals surface area contributed by atoms with Crippen molar-refractivity contribution in [3.05, 3.63) is 76.7 Å². The second-order valence-electron chi connectivity index (χ2n) is 6.41. The summed E-state index contributed by atoms with van der Waals surface area (Å²) in [6.45, 7) is 1.63. The van der Waals surface area contributed by atoms with E-state index in [0.29, 0.717) is 16.8 Å². The first-order valence-electron chi connectivity index (χ1n) is 8.93. The summed E-state index contributed by atoms with van der Waals surface area (Å²) >= 11 is 5.80. The van der Waals surface area contributed by atoms with Crippen LogP contribution in [-0.2, 0) is 0 Å². The molecule has 3 aromatic rings. The number of aryl methyl sites for hydroxylation is 1. The standard InChI is InChI=1S/C21H14ClF4N3O3/c1-11-14(12-5-7-13(8-6-12)32-21(24,25)26)9-10-17(27-11)28-20(31)29-19(30)18-15(22)3-2-4-16(18)23/h2-10H,1H3,(H2,27,28,29,30,31). The first-order chi connectivity index (χ1) is 15.0. The van der Waals surface area contributed by atoms with Crippen LogP contribution in [0.25, 0.3) is 11.1 Å². The van der Waals surface area contributed by atoms with Gasteiger partial charge in [-0.3, -0.25) is 15.4 Å². The lowest BCUT2D eigenvalue weighted by atomic mass is 10.0. The molecule has 0 atom stereocenters. The predicted octanol–water partition coefficient (Wildman–Crippen LogP) is 5.71. The monoisotopic (exact) mass is 467 g/mol. The van der Waals surface area contributed by atoms with E-state index in [1.165, 1.54) is 42.5 Å². The summed E-state index contributed by atoms with van der Waals surface area (Å²) in [6.07, 6.45) is -4.79. The fourth-order valence-corrected chi connectivity index (χ4v) is 3.05. The van der Waals surface area contributed by atoms with Gasteiger partial charge in [-0.1, -0.05) is 29.8 Å². The van der Waals surface area contributed by atoms with Crippen LogP contribution in [0.15, 0.2) is 54.6 Å². The Bertz CT molecular complexity index is 1150. The normalized spacial score (nSPS) is 11.1. The van der Waals surface area contributed by atoms with Gasteiger partial charge in [-0.25, -0.2) is 14.2 Å². The summed E-state index contributed by atoms with van der Waals surface area (Å²) in [4.78, 5) is 28.4. The molecule has 0 aliphatic heterocycles. The average molecular weight is 468 g/mol. The SMILES string of the molecule is Cc1nc(NC(=O)NC(=O)c2c(F)cccc2Cl)ccc1-c1ccc(OC(F)(F)F)cc1. The maximum absolute atomic E-state index is 13.8. The summed E-state index contributed by atoms with van der Waals surface area (Å²) in [5.41, 5.74) is 1.16. The molecule has 0 spiro atoms. The Balaban J connectivity index is 1.69. The van der Waals surface area contributed by atoms with Gasteiger partial charge in [0.25, 0.3) is 5.91 Å². The third-order valence-corrected chi connectivity index (χ3v) is 4.46. The van der Waals surface area contributed by atoms with Crippen molar-refractivity contribution in [1.29, 1.82) is 0 Å². The van der Waals surface area contributed by atoms with Gasteiger partial charge in [-0.15, -0.1) is 13.2 Å². The summed E-state index contributed by atoms with van der Waals surface area (Å²) < 4.78 is 54.4. The molecule has 0 bridgehead atoms. The zero-order valence-electron chi connectivity index (χ0n) is 16.3. The lowest BCUT2D eigenvalue weighted by Gasteiger charge is -2.12. The maximum Gasteiger partial charge on any atom is 0.573 e.